The van der Waals surface area contributed by atoms with Crippen molar-refractivity contribution in [2.24, 2.45) is 5.92 Å². The molecule has 1 aliphatic carbocycles. The number of hydrogen-bond donors (Lipinski definition) is 2. The molecule has 112 valence electrons. The van der Waals surface area contributed by atoms with Crippen molar-refractivity contribution in [2.45, 2.75) is 44.5 Å². The minimum atomic E-state index is -0.224. The molecule has 0 radical (unpaired) electrons. The topological polar surface area (TPSA) is 62.2 Å². The van der Waals surface area contributed by atoms with Gasteiger partial charge in [0.2, 0.25) is 5.91 Å². The molecule has 0 spiro atoms. The average Bonchev–Trinajstić information content (AvgIpc) is 3.01. The van der Waals surface area contributed by atoms with Crippen LogP contribution in [0.2, 0.25) is 0 Å². The molecule has 1 heterocycles. The fourth-order valence-electron chi connectivity index (χ4n) is 2.40. The van der Waals surface area contributed by atoms with Crippen LogP contribution in [0.5, 0.6) is 0 Å². The molecular formula is C14H22N2O2S2. The standard InChI is InChI=1S/C14H22N2O2S2/c1-10-16-12(9-20-10)8-19-6-5-14(18)15-7-11-3-2-4-13(11)17/h9,11,13,17H,2-8H2,1H3,(H,15,18). The summed E-state index contributed by atoms with van der Waals surface area (Å²) < 4.78 is 0. The first-order valence-corrected chi connectivity index (χ1v) is 9.12. The van der Waals surface area contributed by atoms with E-state index in [9.17, 15) is 9.90 Å². The number of carbonyl (C=O) groups excluding carboxylic acids is 1. The zero-order valence-corrected chi connectivity index (χ0v) is 13.4. The molecule has 0 bridgehead atoms. The molecule has 4 nitrogen and oxygen atoms in total. The number of nitrogens with zero attached hydrogens (tertiary/aromatic N) is 1. The molecule has 1 aromatic rings. The van der Waals surface area contributed by atoms with Gasteiger partial charge < -0.3 is 10.4 Å². The number of thioether (sulfide) groups is 1. The number of hydrogen-bond acceptors (Lipinski definition) is 5. The number of amides is 1. The molecule has 2 atom stereocenters. The van der Waals surface area contributed by atoms with Crippen LogP contribution in [-0.2, 0) is 10.5 Å². The third-order valence-electron chi connectivity index (χ3n) is 3.57. The van der Waals surface area contributed by atoms with Crippen LogP contribution in [0.1, 0.15) is 36.4 Å². The first-order chi connectivity index (χ1) is 9.65. The molecular weight excluding hydrogens is 292 g/mol. The van der Waals surface area contributed by atoms with Crippen molar-refractivity contribution in [3.8, 4) is 0 Å². The fourth-order valence-corrected chi connectivity index (χ4v) is 3.95. The Kier molecular flexibility index (Phi) is 6.32. The molecule has 2 rings (SSSR count). The quantitative estimate of drug-likeness (QED) is 0.758. The van der Waals surface area contributed by atoms with Crippen LogP contribution in [0.3, 0.4) is 0 Å². The van der Waals surface area contributed by atoms with Gasteiger partial charge in [0.25, 0.3) is 0 Å². The van der Waals surface area contributed by atoms with Crippen molar-refractivity contribution in [1.29, 1.82) is 0 Å². The Morgan fingerprint density at radius 1 is 1.60 bits per heavy atom. The van der Waals surface area contributed by atoms with Gasteiger partial charge in [-0.25, -0.2) is 4.98 Å². The summed E-state index contributed by atoms with van der Waals surface area (Å²) in [6.45, 7) is 2.62. The molecule has 0 aliphatic heterocycles. The number of aliphatic hydroxyl groups is 1. The van der Waals surface area contributed by atoms with E-state index < -0.39 is 0 Å². The minimum absolute atomic E-state index is 0.0889. The average molecular weight is 314 g/mol. The van der Waals surface area contributed by atoms with Crippen molar-refractivity contribution in [3.63, 3.8) is 0 Å². The van der Waals surface area contributed by atoms with Crippen LogP contribution in [0.25, 0.3) is 0 Å². The van der Waals surface area contributed by atoms with Crippen LogP contribution in [0, 0.1) is 12.8 Å². The van der Waals surface area contributed by atoms with Crippen LogP contribution in [-0.4, -0.2) is 34.4 Å². The van der Waals surface area contributed by atoms with Gasteiger partial charge in [-0.05, 0) is 19.8 Å². The van der Waals surface area contributed by atoms with Gasteiger partial charge in [0, 0.05) is 35.8 Å². The number of thiazole rings is 1. The lowest BCUT2D eigenvalue weighted by Crippen LogP contribution is -2.32. The van der Waals surface area contributed by atoms with Crippen molar-refractivity contribution >= 4 is 29.0 Å². The van der Waals surface area contributed by atoms with Crippen LogP contribution >= 0.6 is 23.1 Å². The van der Waals surface area contributed by atoms with Crippen LogP contribution < -0.4 is 5.32 Å². The fraction of sp³-hybridized carbons (Fsp3) is 0.714. The Hall–Kier alpha value is -0.590. The monoisotopic (exact) mass is 314 g/mol. The Bertz CT molecular complexity index is 437. The SMILES string of the molecule is Cc1nc(CSCCC(=O)NCC2CCCC2O)cs1. The van der Waals surface area contributed by atoms with E-state index in [2.05, 4.69) is 15.7 Å². The smallest absolute Gasteiger partial charge is 0.220 e. The Morgan fingerprint density at radius 2 is 2.45 bits per heavy atom. The number of rotatable bonds is 7. The van der Waals surface area contributed by atoms with E-state index in [1.165, 1.54) is 0 Å². The number of aromatic nitrogens is 1. The molecule has 2 N–H and O–H groups in total. The third kappa shape index (κ3) is 5.07. The second-order valence-corrected chi connectivity index (χ2v) is 7.39. The molecule has 6 heteroatoms. The van der Waals surface area contributed by atoms with Crippen molar-refractivity contribution in [2.75, 3.05) is 12.3 Å². The summed E-state index contributed by atoms with van der Waals surface area (Å²) in [7, 11) is 0. The van der Waals surface area contributed by atoms with Crippen molar-refractivity contribution in [3.05, 3.63) is 16.1 Å². The Balaban J connectivity index is 1.54. The molecule has 0 aromatic carbocycles. The minimum Gasteiger partial charge on any atom is -0.393 e. The second-order valence-electron chi connectivity index (χ2n) is 5.22. The number of nitrogens with one attached hydrogen (secondary N) is 1. The Labute approximate surface area is 128 Å². The van der Waals surface area contributed by atoms with Gasteiger partial charge >= 0.3 is 0 Å². The largest absolute Gasteiger partial charge is 0.393 e. The van der Waals surface area contributed by atoms with E-state index in [0.29, 0.717) is 13.0 Å². The lowest BCUT2D eigenvalue weighted by Gasteiger charge is -2.14. The highest BCUT2D eigenvalue weighted by molar-refractivity contribution is 7.98. The lowest BCUT2D eigenvalue weighted by molar-refractivity contribution is -0.120. The summed E-state index contributed by atoms with van der Waals surface area (Å²) in [4.78, 5) is 16.1. The summed E-state index contributed by atoms with van der Waals surface area (Å²) in [5, 5.41) is 15.8. The third-order valence-corrected chi connectivity index (χ3v) is 5.39. The predicted molar refractivity (Wildman–Crippen MR) is 84.0 cm³/mol. The summed E-state index contributed by atoms with van der Waals surface area (Å²) >= 11 is 3.40. The second kappa shape index (κ2) is 8.00. The summed E-state index contributed by atoms with van der Waals surface area (Å²) in [6, 6.07) is 0. The van der Waals surface area contributed by atoms with E-state index in [0.717, 1.165) is 41.5 Å². The molecule has 2 unspecified atom stereocenters. The molecule has 20 heavy (non-hydrogen) atoms. The Morgan fingerprint density at radius 3 is 3.10 bits per heavy atom. The highest BCUT2D eigenvalue weighted by Gasteiger charge is 2.25. The number of aliphatic hydroxyl groups excluding tert-OH is 1. The van der Waals surface area contributed by atoms with Gasteiger partial charge in [-0.2, -0.15) is 11.8 Å². The summed E-state index contributed by atoms with van der Waals surface area (Å²) in [5.74, 6) is 2.03. The predicted octanol–water partition coefficient (Wildman–Crippen LogP) is 2.35. The van der Waals surface area contributed by atoms with Crippen molar-refractivity contribution < 1.29 is 9.90 Å². The molecule has 1 aromatic heterocycles. The lowest BCUT2D eigenvalue weighted by atomic mass is 10.1. The highest BCUT2D eigenvalue weighted by atomic mass is 32.2. The highest BCUT2D eigenvalue weighted by Crippen LogP contribution is 2.24. The van der Waals surface area contributed by atoms with Gasteiger partial charge in [-0.3, -0.25) is 4.79 Å². The van der Waals surface area contributed by atoms with Gasteiger partial charge in [0.15, 0.2) is 0 Å². The maximum Gasteiger partial charge on any atom is 0.220 e. The molecule has 1 fully saturated rings. The van der Waals surface area contributed by atoms with E-state index in [1.807, 2.05) is 6.92 Å². The van der Waals surface area contributed by atoms with E-state index in [-0.39, 0.29) is 17.9 Å². The first kappa shape index (κ1) is 15.8. The summed E-state index contributed by atoms with van der Waals surface area (Å²) in [5.41, 5.74) is 1.10. The van der Waals surface area contributed by atoms with Crippen LogP contribution in [0.4, 0.5) is 0 Å². The van der Waals surface area contributed by atoms with Gasteiger partial charge in [-0.1, -0.05) is 6.42 Å². The van der Waals surface area contributed by atoms with E-state index in [1.54, 1.807) is 23.1 Å². The van der Waals surface area contributed by atoms with E-state index in [4.69, 9.17) is 0 Å². The first-order valence-electron chi connectivity index (χ1n) is 7.08. The number of carbonyl (C=O) groups is 1. The zero-order chi connectivity index (χ0) is 14.4. The van der Waals surface area contributed by atoms with Gasteiger partial charge in [-0.15, -0.1) is 11.3 Å². The maximum absolute atomic E-state index is 11.7. The summed E-state index contributed by atoms with van der Waals surface area (Å²) in [6.07, 6.45) is 3.29. The van der Waals surface area contributed by atoms with Gasteiger partial charge in [0.05, 0.1) is 16.8 Å². The van der Waals surface area contributed by atoms with Crippen molar-refractivity contribution in [1.82, 2.24) is 10.3 Å². The van der Waals surface area contributed by atoms with Gasteiger partial charge in [0.1, 0.15) is 0 Å². The normalized spacial score (nSPS) is 22.1. The molecule has 1 saturated carbocycles. The number of aryl methyl sites for hydroxylation is 1. The molecule has 1 aliphatic rings. The van der Waals surface area contributed by atoms with Crippen LogP contribution in [0.15, 0.2) is 5.38 Å². The van der Waals surface area contributed by atoms with E-state index >= 15 is 0 Å². The maximum atomic E-state index is 11.7. The molecule has 1 amide bonds. The molecule has 0 saturated heterocycles. The zero-order valence-electron chi connectivity index (χ0n) is 11.8.